The number of aromatic nitrogens is 1. The lowest BCUT2D eigenvalue weighted by Crippen LogP contribution is -2.43. The topological polar surface area (TPSA) is 101 Å². The second-order valence-corrected chi connectivity index (χ2v) is 9.51. The van der Waals surface area contributed by atoms with E-state index in [-0.39, 0.29) is 18.4 Å². The summed E-state index contributed by atoms with van der Waals surface area (Å²) in [6.45, 7) is 2.70. The second-order valence-electron chi connectivity index (χ2n) is 8.65. The molecule has 3 amide bonds. The molecule has 4 rings (SSSR count). The summed E-state index contributed by atoms with van der Waals surface area (Å²) >= 11 is 1.33. The van der Waals surface area contributed by atoms with Gasteiger partial charge in [0.15, 0.2) is 5.13 Å². The van der Waals surface area contributed by atoms with Crippen LogP contribution in [0, 0.1) is 0 Å². The zero-order valence-corrected chi connectivity index (χ0v) is 21.1. The molecule has 0 aliphatic carbocycles. The molecule has 8 nitrogen and oxygen atoms in total. The first-order valence-electron chi connectivity index (χ1n) is 12.2. The lowest BCUT2D eigenvalue weighted by Gasteiger charge is -2.22. The third-order valence-corrected chi connectivity index (χ3v) is 6.71. The SMILES string of the molecule is CCCCC(=O)Nc1ccc(-c2csc(NC(=O)[C@@H]3CCCN3C(=O)OCc3ccccc3)n2)cc1. The summed E-state index contributed by atoms with van der Waals surface area (Å²) in [5.41, 5.74) is 3.24. The molecule has 0 unspecified atom stereocenters. The Morgan fingerprint density at radius 3 is 2.61 bits per heavy atom. The summed E-state index contributed by atoms with van der Waals surface area (Å²) in [6, 6.07) is 16.3. The van der Waals surface area contributed by atoms with Crippen molar-refractivity contribution in [2.45, 2.75) is 51.7 Å². The highest BCUT2D eigenvalue weighted by atomic mass is 32.1. The number of nitrogens with zero attached hydrogens (tertiary/aromatic N) is 2. The molecule has 0 spiro atoms. The van der Waals surface area contributed by atoms with Crippen molar-refractivity contribution in [3.8, 4) is 11.3 Å². The van der Waals surface area contributed by atoms with Gasteiger partial charge in [-0.05, 0) is 37.0 Å². The summed E-state index contributed by atoms with van der Waals surface area (Å²) in [5, 5.41) is 8.08. The molecule has 2 heterocycles. The highest BCUT2D eigenvalue weighted by Gasteiger charge is 2.35. The van der Waals surface area contributed by atoms with E-state index in [0.717, 1.165) is 41.8 Å². The third kappa shape index (κ3) is 6.69. The first-order valence-corrected chi connectivity index (χ1v) is 13.1. The molecular formula is C27H30N4O4S. The first-order chi connectivity index (χ1) is 17.5. The van der Waals surface area contributed by atoms with E-state index in [2.05, 4.69) is 22.5 Å². The molecule has 0 radical (unpaired) electrons. The Morgan fingerprint density at radius 2 is 1.86 bits per heavy atom. The quantitative estimate of drug-likeness (QED) is 0.389. The van der Waals surface area contributed by atoms with E-state index in [0.29, 0.717) is 24.5 Å². The van der Waals surface area contributed by atoms with Gasteiger partial charge >= 0.3 is 6.09 Å². The highest BCUT2D eigenvalue weighted by Crippen LogP contribution is 2.27. The molecule has 3 aromatic rings. The predicted octanol–water partition coefficient (Wildman–Crippen LogP) is 5.68. The number of likely N-dealkylation sites (tertiary alicyclic amines) is 1. The average molecular weight is 507 g/mol. The molecule has 1 fully saturated rings. The Bertz CT molecular complexity index is 1180. The molecule has 188 valence electrons. The number of amides is 3. The summed E-state index contributed by atoms with van der Waals surface area (Å²) in [4.78, 5) is 43.5. The number of hydrogen-bond acceptors (Lipinski definition) is 6. The van der Waals surface area contributed by atoms with Crippen LogP contribution in [0.1, 0.15) is 44.6 Å². The van der Waals surface area contributed by atoms with Gasteiger partial charge < -0.3 is 15.4 Å². The summed E-state index contributed by atoms with van der Waals surface area (Å²) in [6.07, 6.45) is 3.19. The number of rotatable bonds is 9. The van der Waals surface area contributed by atoms with Crippen molar-refractivity contribution in [1.29, 1.82) is 0 Å². The molecule has 2 N–H and O–H groups in total. The van der Waals surface area contributed by atoms with Crippen LogP contribution >= 0.6 is 11.3 Å². The molecule has 0 saturated carbocycles. The van der Waals surface area contributed by atoms with E-state index in [9.17, 15) is 14.4 Å². The van der Waals surface area contributed by atoms with Crippen LogP contribution in [0.2, 0.25) is 0 Å². The molecule has 36 heavy (non-hydrogen) atoms. The van der Waals surface area contributed by atoms with Crippen LogP contribution in [0.5, 0.6) is 0 Å². The zero-order valence-electron chi connectivity index (χ0n) is 20.2. The van der Waals surface area contributed by atoms with Gasteiger partial charge in [-0.15, -0.1) is 11.3 Å². The van der Waals surface area contributed by atoms with Crippen LogP contribution in [0.3, 0.4) is 0 Å². The van der Waals surface area contributed by atoms with E-state index in [1.54, 1.807) is 0 Å². The van der Waals surface area contributed by atoms with Crippen LogP contribution in [0.15, 0.2) is 60.0 Å². The zero-order chi connectivity index (χ0) is 25.3. The van der Waals surface area contributed by atoms with Crippen molar-refractivity contribution in [3.05, 3.63) is 65.5 Å². The van der Waals surface area contributed by atoms with Gasteiger partial charge in [0.05, 0.1) is 5.69 Å². The Hall–Kier alpha value is -3.72. The summed E-state index contributed by atoms with van der Waals surface area (Å²) < 4.78 is 5.43. The summed E-state index contributed by atoms with van der Waals surface area (Å²) in [5.74, 6) is -0.261. The number of unbranched alkanes of at least 4 members (excludes halogenated alkanes) is 1. The van der Waals surface area contributed by atoms with E-state index in [4.69, 9.17) is 4.74 Å². The standard InChI is InChI=1S/C27H30N4O4S/c1-2-3-11-24(32)28-21-14-12-20(13-15-21)22-18-36-26(29-22)30-25(33)23-10-7-16-31(23)27(34)35-17-19-8-5-4-6-9-19/h4-6,8-9,12-15,18,23H,2-3,7,10-11,16-17H2,1H3,(H,28,32)(H,29,30,33)/t23-/m0/s1. The third-order valence-electron chi connectivity index (χ3n) is 5.95. The van der Waals surface area contributed by atoms with Crippen molar-refractivity contribution in [2.24, 2.45) is 0 Å². The number of benzene rings is 2. The lowest BCUT2D eigenvalue weighted by molar-refractivity contribution is -0.120. The fourth-order valence-corrected chi connectivity index (χ4v) is 4.72. The minimum Gasteiger partial charge on any atom is -0.445 e. The summed E-state index contributed by atoms with van der Waals surface area (Å²) in [7, 11) is 0. The van der Waals surface area contributed by atoms with E-state index < -0.39 is 12.1 Å². The number of thiazole rings is 1. The van der Waals surface area contributed by atoms with E-state index in [1.165, 1.54) is 16.2 Å². The number of anilines is 2. The van der Waals surface area contributed by atoms with Gasteiger partial charge in [0.1, 0.15) is 12.6 Å². The van der Waals surface area contributed by atoms with Gasteiger partial charge in [-0.1, -0.05) is 55.8 Å². The van der Waals surface area contributed by atoms with Gasteiger partial charge in [-0.2, -0.15) is 0 Å². The normalized spacial score (nSPS) is 14.9. The fraction of sp³-hybridized carbons (Fsp3) is 0.333. The van der Waals surface area contributed by atoms with Crippen LogP contribution in [0.4, 0.5) is 15.6 Å². The fourth-order valence-electron chi connectivity index (χ4n) is 4.00. The molecule has 2 aromatic carbocycles. The number of carbonyl (C=O) groups excluding carboxylic acids is 3. The molecule has 1 aromatic heterocycles. The lowest BCUT2D eigenvalue weighted by atomic mass is 10.1. The number of ether oxygens (including phenoxy) is 1. The van der Waals surface area contributed by atoms with Crippen molar-refractivity contribution in [3.63, 3.8) is 0 Å². The Balaban J connectivity index is 1.31. The van der Waals surface area contributed by atoms with Crippen LogP contribution in [0.25, 0.3) is 11.3 Å². The maximum atomic E-state index is 12.9. The largest absolute Gasteiger partial charge is 0.445 e. The minimum absolute atomic E-state index is 0.00756. The maximum absolute atomic E-state index is 12.9. The second kappa shape index (κ2) is 12.3. The number of carbonyl (C=O) groups is 3. The molecule has 1 saturated heterocycles. The molecule has 1 atom stereocenters. The monoisotopic (exact) mass is 506 g/mol. The van der Waals surface area contributed by atoms with Gasteiger partial charge in [-0.3, -0.25) is 14.5 Å². The smallest absolute Gasteiger partial charge is 0.410 e. The Morgan fingerprint density at radius 1 is 1.08 bits per heavy atom. The molecule has 1 aliphatic heterocycles. The van der Waals surface area contributed by atoms with Crippen molar-refractivity contribution in [2.75, 3.05) is 17.2 Å². The molecule has 0 bridgehead atoms. The Kier molecular flexibility index (Phi) is 8.67. The average Bonchev–Trinajstić information content (AvgIpc) is 3.57. The maximum Gasteiger partial charge on any atom is 0.410 e. The van der Waals surface area contributed by atoms with Gasteiger partial charge in [0.2, 0.25) is 11.8 Å². The molecular weight excluding hydrogens is 476 g/mol. The van der Waals surface area contributed by atoms with Crippen molar-refractivity contribution in [1.82, 2.24) is 9.88 Å². The highest BCUT2D eigenvalue weighted by molar-refractivity contribution is 7.14. The van der Waals surface area contributed by atoms with Crippen LogP contribution in [-0.4, -0.2) is 40.4 Å². The van der Waals surface area contributed by atoms with Gasteiger partial charge in [0.25, 0.3) is 0 Å². The van der Waals surface area contributed by atoms with Gasteiger partial charge in [0, 0.05) is 29.6 Å². The number of nitrogens with one attached hydrogen (secondary N) is 2. The minimum atomic E-state index is -0.587. The molecule has 9 heteroatoms. The van der Waals surface area contributed by atoms with Gasteiger partial charge in [-0.25, -0.2) is 9.78 Å². The van der Waals surface area contributed by atoms with E-state index >= 15 is 0 Å². The first kappa shape index (κ1) is 25.4. The molecule has 1 aliphatic rings. The van der Waals surface area contributed by atoms with Crippen LogP contribution in [-0.2, 0) is 20.9 Å². The van der Waals surface area contributed by atoms with Crippen LogP contribution < -0.4 is 10.6 Å². The van der Waals surface area contributed by atoms with Crippen molar-refractivity contribution >= 4 is 40.1 Å². The predicted molar refractivity (Wildman–Crippen MR) is 141 cm³/mol. The van der Waals surface area contributed by atoms with E-state index in [1.807, 2.05) is 60.0 Å². The number of hydrogen-bond donors (Lipinski definition) is 2. The van der Waals surface area contributed by atoms with Crippen molar-refractivity contribution < 1.29 is 19.1 Å². The Labute approximate surface area is 214 Å².